The molecule has 1 fully saturated rings. The summed E-state index contributed by atoms with van der Waals surface area (Å²) in [6, 6.07) is 9.68. The molecule has 2 heterocycles. The van der Waals surface area contributed by atoms with Crippen molar-refractivity contribution in [1.29, 1.82) is 0 Å². The molecule has 1 aliphatic heterocycles. The molecule has 134 valence electrons. The molecule has 1 aromatic heterocycles. The van der Waals surface area contributed by atoms with Crippen LogP contribution in [0.4, 0.5) is 0 Å². The quantitative estimate of drug-likeness (QED) is 0.794. The van der Waals surface area contributed by atoms with Crippen LogP contribution in [0.2, 0.25) is 0 Å². The minimum atomic E-state index is -0.0109. The highest BCUT2D eigenvalue weighted by atomic mass is 16.5. The molecule has 6 nitrogen and oxygen atoms in total. The van der Waals surface area contributed by atoms with Gasteiger partial charge in [-0.25, -0.2) is 4.98 Å². The molecule has 0 radical (unpaired) electrons. The van der Waals surface area contributed by atoms with Crippen molar-refractivity contribution < 1.29 is 13.9 Å². The first-order valence-electron chi connectivity index (χ1n) is 8.72. The van der Waals surface area contributed by atoms with E-state index in [9.17, 15) is 4.79 Å². The molecule has 1 atom stereocenters. The van der Waals surface area contributed by atoms with Crippen molar-refractivity contribution in [3.63, 3.8) is 0 Å². The van der Waals surface area contributed by atoms with Crippen molar-refractivity contribution in [2.45, 2.75) is 12.8 Å². The number of aromatic nitrogens is 1. The summed E-state index contributed by atoms with van der Waals surface area (Å²) in [7, 11) is 1.72. The van der Waals surface area contributed by atoms with Crippen LogP contribution >= 0.6 is 0 Å². The second-order valence-corrected chi connectivity index (χ2v) is 6.44. The second kappa shape index (κ2) is 8.78. The molecule has 1 aliphatic rings. The smallest absolute Gasteiger partial charge is 0.226 e. The number of hydrogen-bond donors (Lipinski definition) is 1. The van der Waals surface area contributed by atoms with Gasteiger partial charge >= 0.3 is 0 Å². The predicted octanol–water partition coefficient (Wildman–Crippen LogP) is 1.97. The van der Waals surface area contributed by atoms with E-state index in [1.165, 1.54) is 0 Å². The molecule has 0 spiro atoms. The van der Waals surface area contributed by atoms with E-state index in [2.05, 4.69) is 15.2 Å². The molecule has 0 bridgehead atoms. The van der Waals surface area contributed by atoms with Crippen LogP contribution in [0.1, 0.15) is 12.1 Å². The van der Waals surface area contributed by atoms with Crippen LogP contribution in [0.3, 0.4) is 0 Å². The van der Waals surface area contributed by atoms with Gasteiger partial charge in [0.2, 0.25) is 11.8 Å². The highest BCUT2D eigenvalue weighted by molar-refractivity contribution is 5.78. The molecular weight excluding hydrogens is 318 g/mol. The lowest BCUT2D eigenvalue weighted by atomic mass is 10.1. The predicted molar refractivity (Wildman–Crippen MR) is 95.1 cm³/mol. The number of oxazole rings is 1. The van der Waals surface area contributed by atoms with Crippen molar-refractivity contribution in [3.05, 3.63) is 42.3 Å². The molecule has 1 amide bonds. The normalized spacial score (nSPS) is 17.7. The number of methoxy groups -OCH3 is 1. The summed E-state index contributed by atoms with van der Waals surface area (Å²) >= 11 is 0. The lowest BCUT2D eigenvalue weighted by Gasteiger charge is -2.15. The monoisotopic (exact) mass is 343 g/mol. The van der Waals surface area contributed by atoms with Gasteiger partial charge in [0.05, 0.1) is 18.7 Å². The van der Waals surface area contributed by atoms with Gasteiger partial charge in [-0.3, -0.25) is 4.79 Å². The maximum atomic E-state index is 12.1. The lowest BCUT2D eigenvalue weighted by molar-refractivity contribution is -0.120. The molecule has 0 aliphatic carbocycles. The van der Waals surface area contributed by atoms with Crippen LogP contribution in [-0.2, 0) is 16.0 Å². The minimum absolute atomic E-state index is 0.0109. The molecule has 1 saturated heterocycles. The number of rotatable bonds is 8. The van der Waals surface area contributed by atoms with Gasteiger partial charge in [-0.1, -0.05) is 18.2 Å². The molecule has 0 unspecified atom stereocenters. The van der Waals surface area contributed by atoms with Gasteiger partial charge in [0.25, 0.3) is 0 Å². The largest absolute Gasteiger partial charge is 0.444 e. The van der Waals surface area contributed by atoms with E-state index in [-0.39, 0.29) is 12.3 Å². The van der Waals surface area contributed by atoms with Crippen molar-refractivity contribution >= 4 is 5.91 Å². The lowest BCUT2D eigenvalue weighted by Crippen LogP contribution is -2.32. The molecule has 25 heavy (non-hydrogen) atoms. The van der Waals surface area contributed by atoms with E-state index in [0.717, 1.165) is 38.2 Å². The van der Waals surface area contributed by atoms with E-state index >= 15 is 0 Å². The molecule has 1 aromatic carbocycles. The fourth-order valence-corrected chi connectivity index (χ4v) is 3.09. The highest BCUT2D eigenvalue weighted by Gasteiger charge is 2.22. The van der Waals surface area contributed by atoms with E-state index < -0.39 is 0 Å². The number of carbonyl (C=O) groups excluding carboxylic acids is 1. The maximum Gasteiger partial charge on any atom is 0.226 e. The third-order valence-electron chi connectivity index (χ3n) is 4.48. The van der Waals surface area contributed by atoms with Gasteiger partial charge in [-0.2, -0.15) is 0 Å². The number of nitrogens with one attached hydrogen (secondary N) is 1. The summed E-state index contributed by atoms with van der Waals surface area (Å²) in [6.45, 7) is 4.53. The summed E-state index contributed by atoms with van der Waals surface area (Å²) in [4.78, 5) is 18.9. The Morgan fingerprint density at radius 1 is 1.40 bits per heavy atom. The summed E-state index contributed by atoms with van der Waals surface area (Å²) in [6.07, 6.45) is 2.92. The number of benzene rings is 1. The van der Waals surface area contributed by atoms with Crippen LogP contribution in [0, 0.1) is 5.92 Å². The highest BCUT2D eigenvalue weighted by Crippen LogP contribution is 2.18. The third-order valence-corrected chi connectivity index (χ3v) is 4.48. The Kier molecular flexibility index (Phi) is 6.19. The molecule has 2 aromatic rings. The van der Waals surface area contributed by atoms with Crippen LogP contribution < -0.4 is 5.32 Å². The van der Waals surface area contributed by atoms with Gasteiger partial charge in [-0.15, -0.1) is 0 Å². The maximum absolute atomic E-state index is 12.1. The SMILES string of the molecule is COCCN1CC[C@H](CNC(=O)Cc2coc(-c3ccccc3)n2)C1. The van der Waals surface area contributed by atoms with Crippen LogP contribution in [-0.4, -0.2) is 55.7 Å². The van der Waals surface area contributed by atoms with E-state index in [4.69, 9.17) is 9.15 Å². The Morgan fingerprint density at radius 2 is 2.24 bits per heavy atom. The zero-order chi connectivity index (χ0) is 17.5. The van der Waals surface area contributed by atoms with Gasteiger partial charge in [0.1, 0.15) is 6.26 Å². The Morgan fingerprint density at radius 3 is 3.04 bits per heavy atom. The summed E-state index contributed by atoms with van der Waals surface area (Å²) in [5.41, 5.74) is 1.57. The Bertz CT molecular complexity index is 672. The van der Waals surface area contributed by atoms with Crippen LogP contribution in [0.25, 0.3) is 11.5 Å². The van der Waals surface area contributed by atoms with E-state index in [1.54, 1.807) is 13.4 Å². The van der Waals surface area contributed by atoms with Gasteiger partial charge in [0, 0.05) is 32.3 Å². The average molecular weight is 343 g/mol. The fourth-order valence-electron chi connectivity index (χ4n) is 3.09. The topological polar surface area (TPSA) is 67.6 Å². The minimum Gasteiger partial charge on any atom is -0.444 e. The third kappa shape index (κ3) is 5.14. The molecule has 6 heteroatoms. The second-order valence-electron chi connectivity index (χ2n) is 6.44. The van der Waals surface area contributed by atoms with E-state index in [0.29, 0.717) is 24.0 Å². The number of nitrogens with zero attached hydrogens (tertiary/aromatic N) is 2. The van der Waals surface area contributed by atoms with Gasteiger partial charge in [-0.05, 0) is 31.0 Å². The number of ether oxygens (including phenoxy) is 1. The Labute approximate surface area is 148 Å². The zero-order valence-electron chi connectivity index (χ0n) is 14.6. The molecule has 0 saturated carbocycles. The van der Waals surface area contributed by atoms with Crippen molar-refractivity contribution in [2.24, 2.45) is 5.92 Å². The number of amides is 1. The van der Waals surface area contributed by atoms with Gasteiger partial charge in [0.15, 0.2) is 0 Å². The average Bonchev–Trinajstić information content (AvgIpc) is 3.28. The Balaban J connectivity index is 1.42. The first-order valence-corrected chi connectivity index (χ1v) is 8.72. The first-order chi connectivity index (χ1) is 12.2. The molecule has 1 N–H and O–H groups in total. The number of carbonyl (C=O) groups is 1. The van der Waals surface area contributed by atoms with Crippen LogP contribution in [0.5, 0.6) is 0 Å². The van der Waals surface area contributed by atoms with Crippen molar-refractivity contribution in [1.82, 2.24) is 15.2 Å². The Hall–Kier alpha value is -2.18. The summed E-state index contributed by atoms with van der Waals surface area (Å²) in [5.74, 6) is 1.05. The van der Waals surface area contributed by atoms with Crippen molar-refractivity contribution in [2.75, 3.05) is 39.9 Å². The summed E-state index contributed by atoms with van der Waals surface area (Å²) in [5, 5.41) is 3.02. The zero-order valence-corrected chi connectivity index (χ0v) is 14.6. The van der Waals surface area contributed by atoms with E-state index in [1.807, 2.05) is 30.3 Å². The first kappa shape index (κ1) is 17.6. The van der Waals surface area contributed by atoms with Crippen LogP contribution in [0.15, 0.2) is 41.0 Å². The summed E-state index contributed by atoms with van der Waals surface area (Å²) < 4.78 is 10.6. The van der Waals surface area contributed by atoms with Gasteiger partial charge < -0.3 is 19.4 Å². The molecular formula is C19H25N3O3. The molecule has 3 rings (SSSR count). The number of hydrogen-bond acceptors (Lipinski definition) is 5. The number of likely N-dealkylation sites (tertiary alicyclic amines) is 1. The fraction of sp³-hybridized carbons (Fsp3) is 0.474. The standard InChI is InChI=1S/C19H25N3O3/c1-24-10-9-22-8-7-15(13-22)12-20-18(23)11-17-14-25-19(21-17)16-5-3-2-4-6-16/h2-6,14-15H,7-13H2,1H3,(H,20,23)/t15-/m1/s1. The van der Waals surface area contributed by atoms with Crippen molar-refractivity contribution in [3.8, 4) is 11.5 Å².